The van der Waals surface area contributed by atoms with E-state index >= 15 is 0 Å². The zero-order valence-corrected chi connectivity index (χ0v) is 13.4. The van der Waals surface area contributed by atoms with Crippen LogP contribution in [0.1, 0.15) is 19.8 Å². The molecule has 0 aliphatic carbocycles. The molecule has 0 unspecified atom stereocenters. The number of para-hydroxylation sites is 1. The summed E-state index contributed by atoms with van der Waals surface area (Å²) >= 11 is 0. The fourth-order valence-electron chi connectivity index (χ4n) is 2.80. The van der Waals surface area contributed by atoms with Crippen LogP contribution in [-0.2, 0) is 4.79 Å². The Balaban J connectivity index is 1.64. The first kappa shape index (κ1) is 15.6. The van der Waals surface area contributed by atoms with E-state index in [1.165, 1.54) is 12.8 Å². The number of ether oxygens (including phenoxy) is 1. The molecule has 1 aliphatic heterocycles. The first-order valence-corrected chi connectivity index (χ1v) is 8.10. The quantitative estimate of drug-likeness (QED) is 0.910. The minimum absolute atomic E-state index is 0.0313. The number of carbonyl (C=O) groups excluding carboxylic acids is 1. The highest BCUT2D eigenvalue weighted by Crippen LogP contribution is 2.24. The second-order valence-corrected chi connectivity index (χ2v) is 5.85. The minimum atomic E-state index is -0.101. The number of nitrogens with one attached hydrogen (secondary N) is 1. The number of anilines is 1. The van der Waals surface area contributed by atoms with Crippen molar-refractivity contribution in [1.82, 2.24) is 4.90 Å². The molecule has 0 bridgehead atoms. The van der Waals surface area contributed by atoms with E-state index in [-0.39, 0.29) is 11.9 Å². The summed E-state index contributed by atoms with van der Waals surface area (Å²) in [6.07, 6.45) is 2.36. The normalized spacial score (nSPS) is 16.0. The number of carbonyl (C=O) groups is 1. The van der Waals surface area contributed by atoms with Gasteiger partial charge in [0.1, 0.15) is 11.5 Å². The Morgan fingerprint density at radius 3 is 2.48 bits per heavy atom. The Morgan fingerprint density at radius 2 is 1.74 bits per heavy atom. The van der Waals surface area contributed by atoms with Gasteiger partial charge < -0.3 is 10.1 Å². The SMILES string of the molecule is C[C@H](C(=O)Nc1cccc(Oc2ccccc2)c1)N1CCCC1. The van der Waals surface area contributed by atoms with Crippen LogP contribution in [0.25, 0.3) is 0 Å². The van der Waals surface area contributed by atoms with E-state index in [1.54, 1.807) is 0 Å². The summed E-state index contributed by atoms with van der Waals surface area (Å²) in [6.45, 7) is 3.97. The average Bonchev–Trinajstić information content (AvgIpc) is 3.10. The van der Waals surface area contributed by atoms with Gasteiger partial charge >= 0.3 is 0 Å². The molecule has 1 amide bonds. The van der Waals surface area contributed by atoms with E-state index < -0.39 is 0 Å². The molecular weight excluding hydrogens is 288 g/mol. The Labute approximate surface area is 137 Å². The number of hydrogen-bond acceptors (Lipinski definition) is 3. The summed E-state index contributed by atoms with van der Waals surface area (Å²) in [5, 5.41) is 2.98. The first-order chi connectivity index (χ1) is 11.2. The lowest BCUT2D eigenvalue weighted by atomic mass is 10.2. The minimum Gasteiger partial charge on any atom is -0.457 e. The lowest BCUT2D eigenvalue weighted by molar-refractivity contribution is -0.120. The standard InChI is InChI=1S/C19H22N2O2/c1-15(21-12-5-6-13-21)19(22)20-16-8-7-11-18(14-16)23-17-9-3-2-4-10-17/h2-4,7-11,14-15H,5-6,12-13H2,1H3,(H,20,22)/t15-/m1/s1. The lowest BCUT2D eigenvalue weighted by Crippen LogP contribution is -2.40. The molecule has 0 spiro atoms. The number of benzene rings is 2. The zero-order chi connectivity index (χ0) is 16.1. The van der Waals surface area contributed by atoms with Crippen molar-refractivity contribution in [3.05, 3.63) is 54.6 Å². The van der Waals surface area contributed by atoms with E-state index in [0.717, 1.165) is 24.5 Å². The van der Waals surface area contributed by atoms with E-state index in [1.807, 2.05) is 61.5 Å². The highest BCUT2D eigenvalue weighted by Gasteiger charge is 2.23. The Kier molecular flexibility index (Phi) is 4.93. The molecule has 2 aromatic carbocycles. The van der Waals surface area contributed by atoms with Gasteiger partial charge in [-0.15, -0.1) is 0 Å². The Morgan fingerprint density at radius 1 is 1.04 bits per heavy atom. The predicted octanol–water partition coefficient (Wildman–Crippen LogP) is 3.90. The molecular formula is C19H22N2O2. The van der Waals surface area contributed by atoms with Crippen LogP contribution in [0.3, 0.4) is 0 Å². The highest BCUT2D eigenvalue weighted by atomic mass is 16.5. The van der Waals surface area contributed by atoms with Crippen molar-refractivity contribution in [3.8, 4) is 11.5 Å². The number of likely N-dealkylation sites (tertiary alicyclic amines) is 1. The van der Waals surface area contributed by atoms with Gasteiger partial charge in [-0.1, -0.05) is 24.3 Å². The fourth-order valence-corrected chi connectivity index (χ4v) is 2.80. The van der Waals surface area contributed by atoms with Crippen LogP contribution in [-0.4, -0.2) is 29.9 Å². The zero-order valence-electron chi connectivity index (χ0n) is 13.4. The van der Waals surface area contributed by atoms with E-state index in [0.29, 0.717) is 5.75 Å². The van der Waals surface area contributed by atoms with Gasteiger partial charge in [0.2, 0.25) is 5.91 Å². The van der Waals surface area contributed by atoms with Crippen LogP contribution < -0.4 is 10.1 Å². The maximum absolute atomic E-state index is 12.4. The maximum Gasteiger partial charge on any atom is 0.241 e. The summed E-state index contributed by atoms with van der Waals surface area (Å²) in [5.41, 5.74) is 0.759. The topological polar surface area (TPSA) is 41.6 Å². The molecule has 1 N–H and O–H groups in total. The molecule has 4 heteroatoms. The molecule has 0 radical (unpaired) electrons. The monoisotopic (exact) mass is 310 g/mol. The third kappa shape index (κ3) is 4.11. The lowest BCUT2D eigenvalue weighted by Gasteiger charge is -2.22. The molecule has 0 aromatic heterocycles. The van der Waals surface area contributed by atoms with E-state index in [4.69, 9.17) is 4.74 Å². The molecule has 4 nitrogen and oxygen atoms in total. The molecule has 2 aromatic rings. The first-order valence-electron chi connectivity index (χ1n) is 8.10. The molecule has 3 rings (SSSR count). The van der Waals surface area contributed by atoms with Crippen molar-refractivity contribution in [2.75, 3.05) is 18.4 Å². The summed E-state index contributed by atoms with van der Waals surface area (Å²) in [5.74, 6) is 1.52. The third-order valence-corrected chi connectivity index (χ3v) is 4.15. The molecule has 1 atom stereocenters. The molecule has 1 saturated heterocycles. The van der Waals surface area contributed by atoms with Crippen LogP contribution in [0.2, 0.25) is 0 Å². The van der Waals surface area contributed by atoms with Crippen LogP contribution in [0.4, 0.5) is 5.69 Å². The maximum atomic E-state index is 12.4. The van der Waals surface area contributed by atoms with Gasteiger partial charge in [-0.25, -0.2) is 0 Å². The molecule has 1 aliphatic rings. The second kappa shape index (κ2) is 7.29. The van der Waals surface area contributed by atoms with Crippen LogP contribution in [0.5, 0.6) is 11.5 Å². The highest BCUT2D eigenvalue weighted by molar-refractivity contribution is 5.94. The third-order valence-electron chi connectivity index (χ3n) is 4.15. The average molecular weight is 310 g/mol. The van der Waals surface area contributed by atoms with Crippen molar-refractivity contribution in [2.24, 2.45) is 0 Å². The Hall–Kier alpha value is -2.33. The fraction of sp³-hybridized carbons (Fsp3) is 0.316. The number of rotatable bonds is 5. The summed E-state index contributed by atoms with van der Waals surface area (Å²) in [6, 6.07) is 17.0. The van der Waals surface area contributed by atoms with Crippen molar-refractivity contribution < 1.29 is 9.53 Å². The molecule has 120 valence electrons. The molecule has 23 heavy (non-hydrogen) atoms. The second-order valence-electron chi connectivity index (χ2n) is 5.85. The molecule has 1 fully saturated rings. The van der Waals surface area contributed by atoms with E-state index in [9.17, 15) is 4.79 Å². The summed E-state index contributed by atoms with van der Waals surface area (Å²) in [4.78, 5) is 14.6. The number of hydrogen-bond donors (Lipinski definition) is 1. The van der Waals surface area contributed by atoms with Gasteiger partial charge in [0, 0.05) is 11.8 Å². The number of amides is 1. The van der Waals surface area contributed by atoms with Crippen LogP contribution in [0.15, 0.2) is 54.6 Å². The molecule has 0 saturated carbocycles. The van der Waals surface area contributed by atoms with Gasteiger partial charge in [-0.2, -0.15) is 0 Å². The van der Waals surface area contributed by atoms with Gasteiger partial charge in [0.05, 0.1) is 6.04 Å². The van der Waals surface area contributed by atoms with Crippen molar-refractivity contribution >= 4 is 11.6 Å². The van der Waals surface area contributed by atoms with E-state index in [2.05, 4.69) is 10.2 Å². The van der Waals surface area contributed by atoms with Crippen molar-refractivity contribution in [1.29, 1.82) is 0 Å². The van der Waals surface area contributed by atoms with Gasteiger partial charge in [0.15, 0.2) is 0 Å². The van der Waals surface area contributed by atoms with Crippen molar-refractivity contribution in [2.45, 2.75) is 25.8 Å². The van der Waals surface area contributed by atoms with Crippen LogP contribution in [0, 0.1) is 0 Å². The Bertz CT molecular complexity index is 651. The van der Waals surface area contributed by atoms with Gasteiger partial charge in [0.25, 0.3) is 0 Å². The molecule has 1 heterocycles. The van der Waals surface area contributed by atoms with Gasteiger partial charge in [-0.05, 0) is 57.1 Å². The smallest absolute Gasteiger partial charge is 0.241 e. The van der Waals surface area contributed by atoms with Crippen molar-refractivity contribution in [3.63, 3.8) is 0 Å². The number of nitrogens with zero attached hydrogens (tertiary/aromatic N) is 1. The summed E-state index contributed by atoms with van der Waals surface area (Å²) < 4.78 is 5.80. The van der Waals surface area contributed by atoms with Gasteiger partial charge in [-0.3, -0.25) is 9.69 Å². The summed E-state index contributed by atoms with van der Waals surface area (Å²) in [7, 11) is 0. The largest absolute Gasteiger partial charge is 0.457 e. The predicted molar refractivity (Wildman–Crippen MR) is 91.9 cm³/mol. The van der Waals surface area contributed by atoms with Crippen LogP contribution >= 0.6 is 0 Å².